The van der Waals surface area contributed by atoms with Crippen molar-refractivity contribution in [3.63, 3.8) is 0 Å². The SMILES string of the molecule is CCC(C)NC(=O)CN(c1cccc(F)c1)S(=O)(=O)c1ccc2c(c1)OCCO2. The third kappa shape index (κ3) is 4.79. The normalized spacial score (nSPS) is 14.2. The van der Waals surface area contributed by atoms with Gasteiger partial charge in [-0.15, -0.1) is 0 Å². The fourth-order valence-corrected chi connectivity index (χ4v) is 4.24. The topological polar surface area (TPSA) is 84.9 Å². The van der Waals surface area contributed by atoms with Crippen LogP contribution in [0.1, 0.15) is 20.3 Å². The van der Waals surface area contributed by atoms with Gasteiger partial charge >= 0.3 is 0 Å². The molecule has 0 spiro atoms. The van der Waals surface area contributed by atoms with Gasteiger partial charge in [-0.1, -0.05) is 13.0 Å². The minimum atomic E-state index is -4.17. The second kappa shape index (κ2) is 8.69. The van der Waals surface area contributed by atoms with Crippen LogP contribution in [0.15, 0.2) is 47.4 Å². The van der Waals surface area contributed by atoms with Crippen molar-refractivity contribution >= 4 is 21.6 Å². The lowest BCUT2D eigenvalue weighted by Crippen LogP contribution is -2.43. The second-order valence-corrected chi connectivity index (χ2v) is 8.54. The Kier molecular flexibility index (Phi) is 6.26. The third-order valence-electron chi connectivity index (χ3n) is 4.50. The van der Waals surface area contributed by atoms with E-state index in [0.717, 1.165) is 10.4 Å². The van der Waals surface area contributed by atoms with Crippen LogP contribution in [0.3, 0.4) is 0 Å². The number of hydrogen-bond acceptors (Lipinski definition) is 5. The summed E-state index contributed by atoms with van der Waals surface area (Å²) in [6, 6.07) is 9.23. The summed E-state index contributed by atoms with van der Waals surface area (Å²) in [5.41, 5.74) is 0.0548. The number of carbonyl (C=O) groups is 1. The summed E-state index contributed by atoms with van der Waals surface area (Å²) in [4.78, 5) is 12.4. The lowest BCUT2D eigenvalue weighted by molar-refractivity contribution is -0.120. The van der Waals surface area contributed by atoms with Crippen molar-refractivity contribution < 1.29 is 27.1 Å². The smallest absolute Gasteiger partial charge is 0.264 e. The van der Waals surface area contributed by atoms with E-state index >= 15 is 0 Å². The number of nitrogens with one attached hydrogen (secondary N) is 1. The average Bonchev–Trinajstić information content (AvgIpc) is 2.71. The van der Waals surface area contributed by atoms with Gasteiger partial charge in [0.2, 0.25) is 5.91 Å². The van der Waals surface area contributed by atoms with Crippen LogP contribution in [-0.2, 0) is 14.8 Å². The zero-order valence-corrected chi connectivity index (χ0v) is 17.0. The number of hydrogen-bond donors (Lipinski definition) is 1. The monoisotopic (exact) mass is 422 g/mol. The first-order valence-electron chi connectivity index (χ1n) is 9.28. The molecular weight excluding hydrogens is 399 g/mol. The molecule has 3 rings (SSSR count). The molecule has 1 atom stereocenters. The van der Waals surface area contributed by atoms with Crippen molar-refractivity contribution in [2.24, 2.45) is 0 Å². The number of carbonyl (C=O) groups excluding carboxylic acids is 1. The number of sulfonamides is 1. The molecule has 1 N–H and O–H groups in total. The standard InChI is InChI=1S/C20H23FN2O5S/c1-3-14(2)22-20(24)13-23(16-6-4-5-15(21)11-16)29(25,26)17-7-8-18-19(12-17)28-10-9-27-18/h4-8,11-12,14H,3,9-10,13H2,1-2H3,(H,22,24). The number of anilines is 1. The van der Waals surface area contributed by atoms with Crippen LogP contribution in [0, 0.1) is 5.82 Å². The summed E-state index contributed by atoms with van der Waals surface area (Å²) in [5.74, 6) is -0.334. The Hall–Kier alpha value is -2.81. The summed E-state index contributed by atoms with van der Waals surface area (Å²) in [6.07, 6.45) is 0.695. The molecule has 1 amide bonds. The molecule has 0 bridgehead atoms. The number of benzene rings is 2. The Morgan fingerprint density at radius 1 is 1.17 bits per heavy atom. The van der Waals surface area contributed by atoms with E-state index in [4.69, 9.17) is 9.47 Å². The second-order valence-electron chi connectivity index (χ2n) is 6.67. The first-order chi connectivity index (χ1) is 13.8. The van der Waals surface area contributed by atoms with E-state index in [1.165, 1.54) is 36.4 Å². The van der Waals surface area contributed by atoms with Crippen molar-refractivity contribution in [3.8, 4) is 11.5 Å². The molecule has 1 unspecified atom stereocenters. The molecule has 2 aromatic rings. The maximum atomic E-state index is 13.8. The zero-order valence-electron chi connectivity index (χ0n) is 16.2. The number of amides is 1. The number of rotatable bonds is 7. The van der Waals surface area contributed by atoms with Crippen molar-refractivity contribution in [3.05, 3.63) is 48.3 Å². The summed E-state index contributed by atoms with van der Waals surface area (Å²) >= 11 is 0. The number of fused-ring (bicyclic) bond motifs is 1. The molecule has 1 aliphatic heterocycles. The molecule has 2 aromatic carbocycles. The number of nitrogens with zero attached hydrogens (tertiary/aromatic N) is 1. The van der Waals surface area contributed by atoms with E-state index in [9.17, 15) is 17.6 Å². The van der Waals surface area contributed by atoms with E-state index in [1.54, 1.807) is 0 Å². The molecule has 0 saturated carbocycles. The lowest BCUT2D eigenvalue weighted by Gasteiger charge is -2.26. The minimum absolute atomic E-state index is 0.0548. The van der Waals surface area contributed by atoms with E-state index in [0.29, 0.717) is 31.1 Å². The van der Waals surface area contributed by atoms with E-state index in [2.05, 4.69) is 5.32 Å². The van der Waals surface area contributed by atoms with Crippen LogP contribution in [0.4, 0.5) is 10.1 Å². The highest BCUT2D eigenvalue weighted by Crippen LogP contribution is 2.34. The average molecular weight is 422 g/mol. The summed E-state index contributed by atoms with van der Waals surface area (Å²) in [7, 11) is -4.17. The van der Waals surface area contributed by atoms with Crippen LogP contribution in [0.2, 0.25) is 0 Å². The number of ether oxygens (including phenoxy) is 2. The Morgan fingerprint density at radius 3 is 2.59 bits per heavy atom. The molecule has 156 valence electrons. The van der Waals surface area contributed by atoms with Gasteiger partial charge in [-0.25, -0.2) is 12.8 Å². The van der Waals surface area contributed by atoms with Crippen molar-refractivity contribution in [2.45, 2.75) is 31.2 Å². The zero-order chi connectivity index (χ0) is 21.0. The fraction of sp³-hybridized carbons (Fsp3) is 0.350. The quantitative estimate of drug-likeness (QED) is 0.742. The Bertz CT molecular complexity index is 996. The van der Waals surface area contributed by atoms with Crippen LogP contribution in [0.5, 0.6) is 11.5 Å². The van der Waals surface area contributed by atoms with Crippen molar-refractivity contribution in [1.82, 2.24) is 5.32 Å². The predicted octanol–water partition coefficient (Wildman–Crippen LogP) is 2.71. The van der Waals surface area contributed by atoms with E-state index < -0.39 is 28.3 Å². The molecule has 0 fully saturated rings. The van der Waals surface area contributed by atoms with Gasteiger partial charge in [0.1, 0.15) is 25.6 Å². The van der Waals surface area contributed by atoms with E-state index in [-0.39, 0.29) is 16.6 Å². The maximum absolute atomic E-state index is 13.8. The highest BCUT2D eigenvalue weighted by atomic mass is 32.2. The molecule has 1 aliphatic rings. The summed E-state index contributed by atoms with van der Waals surface area (Å²) in [5, 5.41) is 2.73. The molecule has 0 radical (unpaired) electrons. The van der Waals surface area contributed by atoms with Crippen molar-refractivity contribution in [2.75, 3.05) is 24.1 Å². The third-order valence-corrected chi connectivity index (χ3v) is 6.27. The predicted molar refractivity (Wildman–Crippen MR) is 106 cm³/mol. The lowest BCUT2D eigenvalue weighted by atomic mass is 10.2. The number of halogens is 1. The van der Waals surface area contributed by atoms with Gasteiger partial charge in [0.15, 0.2) is 11.5 Å². The molecular formula is C20H23FN2O5S. The summed E-state index contributed by atoms with van der Waals surface area (Å²) < 4.78 is 52.3. The first kappa shape index (κ1) is 20.9. The Labute approximate surface area is 169 Å². The van der Waals surface area contributed by atoms with Gasteiger partial charge in [-0.2, -0.15) is 0 Å². The highest BCUT2D eigenvalue weighted by Gasteiger charge is 2.29. The van der Waals surface area contributed by atoms with Gasteiger partial charge in [0, 0.05) is 12.1 Å². The molecule has 1 heterocycles. The molecule has 0 saturated heterocycles. The molecule has 7 nitrogen and oxygen atoms in total. The Balaban J connectivity index is 1.99. The first-order valence-corrected chi connectivity index (χ1v) is 10.7. The van der Waals surface area contributed by atoms with Gasteiger partial charge in [-0.05, 0) is 43.7 Å². The summed E-state index contributed by atoms with van der Waals surface area (Å²) in [6.45, 7) is 3.93. The fourth-order valence-electron chi connectivity index (χ4n) is 2.81. The van der Waals surface area contributed by atoms with Crippen LogP contribution < -0.4 is 19.1 Å². The Morgan fingerprint density at radius 2 is 1.90 bits per heavy atom. The van der Waals surface area contributed by atoms with Crippen molar-refractivity contribution in [1.29, 1.82) is 0 Å². The van der Waals surface area contributed by atoms with Crippen LogP contribution in [0.25, 0.3) is 0 Å². The van der Waals surface area contributed by atoms with Crippen LogP contribution >= 0.6 is 0 Å². The molecule has 9 heteroatoms. The molecule has 0 aliphatic carbocycles. The van der Waals surface area contributed by atoms with Gasteiger partial charge in [0.05, 0.1) is 10.6 Å². The minimum Gasteiger partial charge on any atom is -0.486 e. The van der Waals surface area contributed by atoms with E-state index in [1.807, 2.05) is 13.8 Å². The maximum Gasteiger partial charge on any atom is 0.264 e. The van der Waals surface area contributed by atoms with Gasteiger partial charge in [0.25, 0.3) is 10.0 Å². The van der Waals surface area contributed by atoms with Gasteiger partial charge in [-0.3, -0.25) is 9.10 Å². The van der Waals surface area contributed by atoms with Crippen LogP contribution in [-0.4, -0.2) is 40.1 Å². The largest absolute Gasteiger partial charge is 0.486 e. The molecule has 0 aromatic heterocycles. The van der Waals surface area contributed by atoms with Gasteiger partial charge < -0.3 is 14.8 Å². The highest BCUT2D eigenvalue weighted by molar-refractivity contribution is 7.92. The molecule has 29 heavy (non-hydrogen) atoms.